The Morgan fingerprint density at radius 3 is 2.76 bits per heavy atom. The van der Waals surface area contributed by atoms with Crippen LogP contribution in [-0.4, -0.2) is 6.04 Å². The predicted octanol–water partition coefficient (Wildman–Crippen LogP) is 5.86. The zero-order chi connectivity index (χ0) is 14.8. The summed E-state index contributed by atoms with van der Waals surface area (Å²) in [5.74, 6) is 1.58. The molecule has 114 valence electrons. The van der Waals surface area contributed by atoms with Crippen molar-refractivity contribution < 1.29 is 0 Å². The van der Waals surface area contributed by atoms with Crippen molar-refractivity contribution in [2.24, 2.45) is 11.8 Å². The van der Waals surface area contributed by atoms with Gasteiger partial charge in [-0.1, -0.05) is 56.5 Å². The van der Waals surface area contributed by atoms with Crippen molar-refractivity contribution in [3.8, 4) is 0 Å². The Morgan fingerprint density at radius 2 is 2.00 bits per heavy atom. The molecule has 1 aliphatic carbocycles. The highest BCUT2D eigenvalue weighted by molar-refractivity contribution is 7.19. The van der Waals surface area contributed by atoms with Gasteiger partial charge in [-0.05, 0) is 30.7 Å². The highest BCUT2D eigenvalue weighted by Gasteiger charge is 2.27. The molecule has 0 saturated heterocycles. The summed E-state index contributed by atoms with van der Waals surface area (Å²) in [6.45, 7) is 5.63. The lowest BCUT2D eigenvalue weighted by Gasteiger charge is -2.35. The van der Waals surface area contributed by atoms with Crippen LogP contribution in [0.1, 0.15) is 44.4 Å². The maximum absolute atomic E-state index is 6.54. The number of thiophene rings is 1. The molecule has 1 nitrogen and oxygen atoms in total. The van der Waals surface area contributed by atoms with Crippen molar-refractivity contribution in [1.29, 1.82) is 0 Å². The number of benzene rings is 1. The van der Waals surface area contributed by atoms with E-state index >= 15 is 0 Å². The SMILES string of the molecule is CC(C)C1CCCCC1NCc1sc2ccccc2c1Cl. The first-order valence-electron chi connectivity index (χ1n) is 8.06. The molecule has 0 aliphatic heterocycles. The zero-order valence-electron chi connectivity index (χ0n) is 12.9. The van der Waals surface area contributed by atoms with Gasteiger partial charge in [-0.3, -0.25) is 0 Å². The van der Waals surface area contributed by atoms with Gasteiger partial charge in [0, 0.05) is 27.5 Å². The summed E-state index contributed by atoms with van der Waals surface area (Å²) >= 11 is 8.37. The van der Waals surface area contributed by atoms with Gasteiger partial charge in [0.25, 0.3) is 0 Å². The Labute approximate surface area is 136 Å². The first-order chi connectivity index (χ1) is 10.2. The van der Waals surface area contributed by atoms with E-state index in [2.05, 4.69) is 43.4 Å². The molecule has 3 heteroatoms. The largest absolute Gasteiger partial charge is 0.309 e. The third-order valence-electron chi connectivity index (χ3n) is 4.80. The molecule has 21 heavy (non-hydrogen) atoms. The van der Waals surface area contributed by atoms with Crippen molar-refractivity contribution in [2.45, 2.75) is 52.1 Å². The minimum absolute atomic E-state index is 0.653. The number of nitrogens with one attached hydrogen (secondary N) is 1. The van der Waals surface area contributed by atoms with Crippen molar-refractivity contribution in [2.75, 3.05) is 0 Å². The fourth-order valence-corrected chi connectivity index (χ4v) is 5.06. The predicted molar refractivity (Wildman–Crippen MR) is 94.3 cm³/mol. The molecule has 1 N–H and O–H groups in total. The number of halogens is 1. The number of fused-ring (bicyclic) bond motifs is 1. The zero-order valence-corrected chi connectivity index (χ0v) is 14.4. The lowest BCUT2D eigenvalue weighted by molar-refractivity contribution is 0.205. The first kappa shape index (κ1) is 15.3. The number of hydrogen-bond acceptors (Lipinski definition) is 2. The summed E-state index contributed by atoms with van der Waals surface area (Å²) in [5, 5.41) is 5.94. The van der Waals surface area contributed by atoms with Gasteiger partial charge in [-0.15, -0.1) is 11.3 Å². The van der Waals surface area contributed by atoms with Crippen LogP contribution < -0.4 is 5.32 Å². The lowest BCUT2D eigenvalue weighted by atomic mass is 9.78. The van der Waals surface area contributed by atoms with Gasteiger partial charge in [0.2, 0.25) is 0 Å². The fraction of sp³-hybridized carbons (Fsp3) is 0.556. The monoisotopic (exact) mass is 321 g/mol. The Kier molecular flexibility index (Phi) is 4.88. The van der Waals surface area contributed by atoms with E-state index in [4.69, 9.17) is 11.6 Å². The molecule has 0 radical (unpaired) electrons. The van der Waals surface area contributed by atoms with Crippen LogP contribution in [0.15, 0.2) is 24.3 Å². The van der Waals surface area contributed by atoms with E-state index in [0.717, 1.165) is 23.4 Å². The van der Waals surface area contributed by atoms with E-state index in [0.29, 0.717) is 6.04 Å². The van der Waals surface area contributed by atoms with Crippen molar-refractivity contribution in [1.82, 2.24) is 5.32 Å². The number of hydrogen-bond donors (Lipinski definition) is 1. The van der Waals surface area contributed by atoms with Crippen LogP contribution in [0.25, 0.3) is 10.1 Å². The van der Waals surface area contributed by atoms with Crippen LogP contribution in [0.5, 0.6) is 0 Å². The average molecular weight is 322 g/mol. The molecule has 1 aromatic heterocycles. The quantitative estimate of drug-likeness (QED) is 0.743. The molecule has 0 bridgehead atoms. The average Bonchev–Trinajstić information content (AvgIpc) is 2.82. The second-order valence-corrected chi connectivity index (χ2v) is 8.03. The van der Waals surface area contributed by atoms with Crippen LogP contribution in [0.2, 0.25) is 5.02 Å². The molecule has 2 aromatic rings. The molecule has 2 unspecified atom stereocenters. The molecule has 0 spiro atoms. The van der Waals surface area contributed by atoms with Gasteiger partial charge < -0.3 is 5.32 Å². The van der Waals surface area contributed by atoms with Gasteiger partial charge in [0.05, 0.1) is 5.02 Å². The summed E-state index contributed by atoms with van der Waals surface area (Å²) in [6.07, 6.45) is 5.44. The molecule has 1 aromatic carbocycles. The van der Waals surface area contributed by atoms with E-state index in [1.807, 2.05) is 11.3 Å². The maximum Gasteiger partial charge on any atom is 0.0636 e. The van der Waals surface area contributed by atoms with Crippen molar-refractivity contribution in [3.05, 3.63) is 34.2 Å². The second kappa shape index (κ2) is 6.68. The highest BCUT2D eigenvalue weighted by atomic mass is 35.5. The summed E-state index contributed by atoms with van der Waals surface area (Å²) < 4.78 is 1.29. The molecule has 2 atom stereocenters. The Balaban J connectivity index is 1.72. The normalized spacial score (nSPS) is 23.0. The first-order valence-corrected chi connectivity index (χ1v) is 9.25. The highest BCUT2D eigenvalue weighted by Crippen LogP contribution is 2.36. The van der Waals surface area contributed by atoms with E-state index < -0.39 is 0 Å². The summed E-state index contributed by atoms with van der Waals surface area (Å²) in [6, 6.07) is 9.08. The van der Waals surface area contributed by atoms with Gasteiger partial charge in [0.15, 0.2) is 0 Å². The van der Waals surface area contributed by atoms with Crippen molar-refractivity contribution >= 4 is 33.0 Å². The van der Waals surface area contributed by atoms with Crippen molar-refractivity contribution in [3.63, 3.8) is 0 Å². The standard InChI is InChI=1S/C18H24ClNS/c1-12(2)13-7-3-5-9-15(13)20-11-17-18(19)14-8-4-6-10-16(14)21-17/h4,6,8,10,12-13,15,20H,3,5,7,9,11H2,1-2H3. The van der Waals surface area contributed by atoms with Gasteiger partial charge in [-0.25, -0.2) is 0 Å². The molecule has 1 heterocycles. The van der Waals surface area contributed by atoms with Gasteiger partial charge in [-0.2, -0.15) is 0 Å². The van der Waals surface area contributed by atoms with Crippen LogP contribution in [0.3, 0.4) is 0 Å². The van der Waals surface area contributed by atoms with Gasteiger partial charge in [0.1, 0.15) is 0 Å². The summed E-state index contributed by atoms with van der Waals surface area (Å²) in [5.41, 5.74) is 0. The minimum atomic E-state index is 0.653. The second-order valence-electron chi connectivity index (χ2n) is 6.52. The maximum atomic E-state index is 6.54. The Morgan fingerprint density at radius 1 is 1.24 bits per heavy atom. The van der Waals surface area contributed by atoms with E-state index in [9.17, 15) is 0 Å². The van der Waals surface area contributed by atoms with E-state index in [1.165, 1.54) is 40.6 Å². The molecule has 1 saturated carbocycles. The summed E-state index contributed by atoms with van der Waals surface area (Å²) in [7, 11) is 0. The van der Waals surface area contributed by atoms with E-state index in [-0.39, 0.29) is 0 Å². The smallest absolute Gasteiger partial charge is 0.0636 e. The van der Waals surface area contributed by atoms with Crippen LogP contribution in [0, 0.1) is 11.8 Å². The Hall–Kier alpha value is -0.570. The third kappa shape index (κ3) is 3.28. The Bertz CT molecular complexity index is 604. The van der Waals surface area contributed by atoms with Crippen LogP contribution in [-0.2, 0) is 6.54 Å². The molecule has 1 fully saturated rings. The molecular formula is C18H24ClNS. The van der Waals surface area contributed by atoms with E-state index in [1.54, 1.807) is 0 Å². The fourth-order valence-electron chi connectivity index (χ4n) is 3.61. The topological polar surface area (TPSA) is 12.0 Å². The third-order valence-corrected chi connectivity index (χ3v) is 6.52. The van der Waals surface area contributed by atoms with Crippen LogP contribution >= 0.6 is 22.9 Å². The molecular weight excluding hydrogens is 298 g/mol. The molecule has 3 rings (SSSR count). The summed E-state index contributed by atoms with van der Waals surface area (Å²) in [4.78, 5) is 1.28. The molecule has 1 aliphatic rings. The molecule has 0 amide bonds. The number of rotatable bonds is 4. The van der Waals surface area contributed by atoms with Crippen LogP contribution in [0.4, 0.5) is 0 Å². The van der Waals surface area contributed by atoms with Gasteiger partial charge >= 0.3 is 0 Å². The lowest BCUT2D eigenvalue weighted by Crippen LogP contribution is -2.40. The minimum Gasteiger partial charge on any atom is -0.309 e.